The number of rotatable bonds is 4. The fraction of sp³-hybridized carbons (Fsp3) is 0.500. The van der Waals surface area contributed by atoms with Crippen molar-refractivity contribution in [2.24, 2.45) is 0 Å². The van der Waals surface area contributed by atoms with E-state index in [-0.39, 0.29) is 17.9 Å². The zero-order valence-electron chi connectivity index (χ0n) is 14.1. The molecule has 24 heavy (non-hydrogen) atoms. The molecule has 128 valence electrons. The van der Waals surface area contributed by atoms with Crippen molar-refractivity contribution in [3.63, 3.8) is 0 Å². The summed E-state index contributed by atoms with van der Waals surface area (Å²) >= 11 is 0. The van der Waals surface area contributed by atoms with Gasteiger partial charge in [0.1, 0.15) is 0 Å². The topological polar surface area (TPSA) is 90.9 Å². The number of amides is 1. The second-order valence-electron chi connectivity index (χ2n) is 6.87. The molecular formula is C18H24N4O2. The number of aromatic amines is 1. The Hall–Kier alpha value is -2.21. The first-order valence-electron chi connectivity index (χ1n) is 8.46. The van der Waals surface area contributed by atoms with E-state index in [1.165, 1.54) is 0 Å². The van der Waals surface area contributed by atoms with Crippen molar-refractivity contribution in [3.05, 3.63) is 47.5 Å². The zero-order valence-corrected chi connectivity index (χ0v) is 14.1. The summed E-state index contributed by atoms with van der Waals surface area (Å²) in [6, 6.07) is 3.82. The summed E-state index contributed by atoms with van der Waals surface area (Å²) in [6.45, 7) is 4.05. The van der Waals surface area contributed by atoms with Gasteiger partial charge in [-0.3, -0.25) is 14.9 Å². The van der Waals surface area contributed by atoms with E-state index in [9.17, 15) is 9.90 Å². The van der Waals surface area contributed by atoms with Gasteiger partial charge in [-0.1, -0.05) is 19.9 Å². The summed E-state index contributed by atoms with van der Waals surface area (Å²) in [5, 5.41) is 20.8. The molecule has 0 bridgehead atoms. The summed E-state index contributed by atoms with van der Waals surface area (Å²) < 4.78 is 0. The molecule has 3 rings (SSSR count). The van der Waals surface area contributed by atoms with Gasteiger partial charge in [0.2, 0.25) is 0 Å². The molecule has 0 atom stereocenters. The quantitative estimate of drug-likeness (QED) is 0.804. The van der Waals surface area contributed by atoms with Crippen LogP contribution in [-0.2, 0) is 5.60 Å². The Labute approximate surface area is 141 Å². The molecule has 0 aromatic carbocycles. The maximum Gasteiger partial charge on any atom is 0.254 e. The highest BCUT2D eigenvalue weighted by molar-refractivity contribution is 5.95. The summed E-state index contributed by atoms with van der Waals surface area (Å²) in [6.07, 6.45) is 7.73. The number of aliphatic hydroxyl groups is 1. The highest BCUT2D eigenvalue weighted by atomic mass is 16.3. The van der Waals surface area contributed by atoms with E-state index in [0.717, 1.165) is 24.1 Å². The van der Waals surface area contributed by atoms with Crippen LogP contribution in [0.5, 0.6) is 0 Å². The zero-order chi connectivity index (χ0) is 17.2. The lowest BCUT2D eigenvalue weighted by Crippen LogP contribution is -2.42. The first kappa shape index (κ1) is 16.6. The monoisotopic (exact) mass is 328 g/mol. The Balaban J connectivity index is 1.61. The van der Waals surface area contributed by atoms with Crippen LogP contribution >= 0.6 is 0 Å². The van der Waals surface area contributed by atoms with Gasteiger partial charge in [0.25, 0.3) is 5.91 Å². The molecule has 2 heterocycles. The lowest BCUT2D eigenvalue weighted by atomic mass is 9.78. The minimum absolute atomic E-state index is 0.0735. The van der Waals surface area contributed by atoms with Crippen molar-refractivity contribution in [2.45, 2.75) is 57.1 Å². The van der Waals surface area contributed by atoms with Crippen molar-refractivity contribution in [3.8, 4) is 0 Å². The van der Waals surface area contributed by atoms with E-state index in [1.807, 2.05) is 26.0 Å². The van der Waals surface area contributed by atoms with Crippen molar-refractivity contribution in [1.82, 2.24) is 20.5 Å². The van der Waals surface area contributed by atoms with Gasteiger partial charge < -0.3 is 10.4 Å². The molecule has 6 nitrogen and oxygen atoms in total. The Morgan fingerprint density at radius 1 is 1.38 bits per heavy atom. The van der Waals surface area contributed by atoms with Crippen LogP contribution in [0.2, 0.25) is 0 Å². The van der Waals surface area contributed by atoms with Gasteiger partial charge in [-0.25, -0.2) is 0 Å². The fourth-order valence-electron chi connectivity index (χ4n) is 3.35. The number of hydrogen-bond donors (Lipinski definition) is 3. The smallest absolute Gasteiger partial charge is 0.254 e. The van der Waals surface area contributed by atoms with Gasteiger partial charge in [-0.2, -0.15) is 5.10 Å². The normalized spacial score (nSPS) is 24.1. The minimum Gasteiger partial charge on any atom is -0.385 e. The van der Waals surface area contributed by atoms with Gasteiger partial charge in [0.05, 0.1) is 23.1 Å². The number of aromatic nitrogens is 3. The van der Waals surface area contributed by atoms with E-state index < -0.39 is 5.60 Å². The van der Waals surface area contributed by atoms with Crippen LogP contribution in [0.25, 0.3) is 0 Å². The molecule has 1 saturated carbocycles. The number of pyridine rings is 1. The summed E-state index contributed by atoms with van der Waals surface area (Å²) in [5.74, 6) is 0.125. The van der Waals surface area contributed by atoms with Crippen molar-refractivity contribution >= 4 is 5.91 Å². The maximum atomic E-state index is 12.5. The molecular weight excluding hydrogens is 304 g/mol. The molecule has 2 aromatic heterocycles. The van der Waals surface area contributed by atoms with Gasteiger partial charge >= 0.3 is 0 Å². The first-order chi connectivity index (χ1) is 11.5. The second kappa shape index (κ2) is 6.73. The van der Waals surface area contributed by atoms with Crippen LogP contribution < -0.4 is 5.32 Å². The van der Waals surface area contributed by atoms with Crippen molar-refractivity contribution in [1.29, 1.82) is 0 Å². The van der Waals surface area contributed by atoms with Gasteiger partial charge in [-0.05, 0) is 37.7 Å². The van der Waals surface area contributed by atoms with E-state index in [0.29, 0.717) is 18.4 Å². The molecule has 1 fully saturated rings. The predicted octanol–water partition coefficient (Wildman–Crippen LogP) is 2.49. The van der Waals surface area contributed by atoms with Gasteiger partial charge in [0.15, 0.2) is 0 Å². The average Bonchev–Trinajstić information content (AvgIpc) is 3.08. The Kier molecular flexibility index (Phi) is 4.66. The molecule has 1 amide bonds. The standard InChI is InChI=1S/C18H24N4O2/c1-12(2)16-15(11-20-22-16)17(23)21-14-5-7-18(24,8-6-14)13-4-3-9-19-10-13/h3-4,9-12,14,24H,5-8H2,1-2H3,(H,20,22)(H,21,23). The largest absolute Gasteiger partial charge is 0.385 e. The molecule has 2 aromatic rings. The minimum atomic E-state index is -0.839. The van der Waals surface area contributed by atoms with Crippen LogP contribution in [0.15, 0.2) is 30.7 Å². The Bertz CT molecular complexity index is 688. The SMILES string of the molecule is CC(C)c1[nH]ncc1C(=O)NC1CCC(O)(c2cccnc2)CC1. The molecule has 0 spiro atoms. The number of carbonyl (C=O) groups is 1. The maximum absolute atomic E-state index is 12.5. The third-order valence-corrected chi connectivity index (χ3v) is 4.84. The number of nitrogens with one attached hydrogen (secondary N) is 2. The second-order valence-corrected chi connectivity index (χ2v) is 6.87. The first-order valence-corrected chi connectivity index (χ1v) is 8.46. The molecule has 1 aliphatic carbocycles. The van der Waals surface area contributed by atoms with E-state index in [4.69, 9.17) is 0 Å². The van der Waals surface area contributed by atoms with Crippen LogP contribution in [0.1, 0.15) is 67.1 Å². The van der Waals surface area contributed by atoms with Crippen LogP contribution in [0.4, 0.5) is 0 Å². The fourth-order valence-corrected chi connectivity index (χ4v) is 3.35. The molecule has 0 saturated heterocycles. The lowest BCUT2D eigenvalue weighted by Gasteiger charge is -2.36. The summed E-state index contributed by atoms with van der Waals surface area (Å²) in [7, 11) is 0. The molecule has 0 radical (unpaired) electrons. The number of nitrogens with zero attached hydrogens (tertiary/aromatic N) is 2. The molecule has 1 aliphatic rings. The molecule has 6 heteroatoms. The van der Waals surface area contributed by atoms with Crippen molar-refractivity contribution < 1.29 is 9.90 Å². The summed E-state index contributed by atoms with van der Waals surface area (Å²) in [5.41, 5.74) is 1.48. The number of H-pyrrole nitrogens is 1. The lowest BCUT2D eigenvalue weighted by molar-refractivity contribution is -0.00832. The van der Waals surface area contributed by atoms with Gasteiger partial charge in [-0.15, -0.1) is 0 Å². The summed E-state index contributed by atoms with van der Waals surface area (Å²) in [4.78, 5) is 16.6. The highest BCUT2D eigenvalue weighted by Crippen LogP contribution is 2.36. The molecule has 0 unspecified atom stereocenters. The highest BCUT2D eigenvalue weighted by Gasteiger charge is 2.35. The third kappa shape index (κ3) is 3.33. The van der Waals surface area contributed by atoms with Gasteiger partial charge in [0, 0.05) is 24.0 Å². The van der Waals surface area contributed by atoms with E-state index >= 15 is 0 Å². The molecule has 0 aliphatic heterocycles. The van der Waals surface area contributed by atoms with Crippen LogP contribution in [0.3, 0.4) is 0 Å². The van der Waals surface area contributed by atoms with Crippen molar-refractivity contribution in [2.75, 3.05) is 0 Å². The average molecular weight is 328 g/mol. The number of carbonyl (C=O) groups excluding carboxylic acids is 1. The van der Waals surface area contributed by atoms with Crippen LogP contribution in [-0.4, -0.2) is 32.2 Å². The Morgan fingerprint density at radius 3 is 2.75 bits per heavy atom. The molecule has 3 N–H and O–H groups in total. The van der Waals surface area contributed by atoms with E-state index in [2.05, 4.69) is 20.5 Å². The Morgan fingerprint density at radius 2 is 2.12 bits per heavy atom. The third-order valence-electron chi connectivity index (χ3n) is 4.84. The predicted molar refractivity (Wildman–Crippen MR) is 90.5 cm³/mol. The van der Waals surface area contributed by atoms with E-state index in [1.54, 1.807) is 18.6 Å². The number of hydrogen-bond acceptors (Lipinski definition) is 4. The van der Waals surface area contributed by atoms with Crippen LogP contribution in [0, 0.1) is 0 Å².